The van der Waals surface area contributed by atoms with Gasteiger partial charge in [-0.1, -0.05) is 0 Å². The normalized spacial score (nSPS) is 5.78. The summed E-state index contributed by atoms with van der Waals surface area (Å²) in [5.41, 5.74) is 6.39. The zero-order valence-corrected chi connectivity index (χ0v) is 8.98. The first-order chi connectivity index (χ1) is 3.33. The SMILES string of the molecule is [CH2-]CC[NH-].[CH3-].[CH3-].[Cl][Ru][Cl]. The van der Waals surface area contributed by atoms with Crippen molar-refractivity contribution in [1.82, 2.24) is 0 Å². The van der Waals surface area contributed by atoms with Gasteiger partial charge in [-0.25, -0.2) is 6.42 Å². The van der Waals surface area contributed by atoms with Crippen molar-refractivity contribution in [1.29, 1.82) is 0 Å². The van der Waals surface area contributed by atoms with E-state index in [1.807, 2.05) is 0 Å². The molecule has 0 aliphatic heterocycles. The van der Waals surface area contributed by atoms with E-state index >= 15 is 0 Å². The third-order valence-electron chi connectivity index (χ3n) is 0.177. The van der Waals surface area contributed by atoms with Gasteiger partial charge in [0.25, 0.3) is 0 Å². The molecule has 0 saturated heterocycles. The van der Waals surface area contributed by atoms with Gasteiger partial charge in [0.1, 0.15) is 0 Å². The second-order valence-corrected chi connectivity index (χ2v) is 3.29. The van der Waals surface area contributed by atoms with Gasteiger partial charge < -0.3 is 27.5 Å². The summed E-state index contributed by atoms with van der Waals surface area (Å²) in [5, 5.41) is 0. The summed E-state index contributed by atoms with van der Waals surface area (Å²) in [6.07, 6.45) is 0.736. The number of hydrogen-bond acceptors (Lipinski definition) is 0. The van der Waals surface area contributed by atoms with Crippen LogP contribution in [0.25, 0.3) is 5.73 Å². The molecule has 0 saturated carbocycles. The van der Waals surface area contributed by atoms with Crippen LogP contribution in [0, 0.1) is 21.8 Å². The summed E-state index contributed by atoms with van der Waals surface area (Å²) in [7, 11) is 9.71. The summed E-state index contributed by atoms with van der Waals surface area (Å²) < 4.78 is 0. The Morgan fingerprint density at radius 2 is 1.44 bits per heavy atom. The number of hydrogen-bond donors (Lipinski definition) is 0. The molecule has 0 spiro atoms. The first-order valence-electron chi connectivity index (χ1n) is 1.62. The molecule has 0 fully saturated rings. The molecule has 0 aromatic carbocycles. The van der Waals surface area contributed by atoms with Crippen molar-refractivity contribution in [3.63, 3.8) is 0 Å². The fourth-order valence-corrected chi connectivity index (χ4v) is 0. The van der Waals surface area contributed by atoms with E-state index in [1.54, 1.807) is 0 Å². The molecule has 0 radical (unpaired) electrons. The quantitative estimate of drug-likeness (QED) is 0.508. The zero-order valence-electron chi connectivity index (χ0n) is 5.73. The molecule has 0 aromatic rings. The predicted octanol–water partition coefficient (Wildman–Crippen LogP) is 3.54. The molecule has 0 bridgehead atoms. The average molecular weight is 259 g/mol. The van der Waals surface area contributed by atoms with Crippen molar-refractivity contribution in [2.45, 2.75) is 6.42 Å². The summed E-state index contributed by atoms with van der Waals surface area (Å²) in [6, 6.07) is 0. The molecule has 9 heavy (non-hydrogen) atoms. The van der Waals surface area contributed by atoms with E-state index in [-0.39, 0.29) is 30.0 Å². The van der Waals surface area contributed by atoms with Crippen molar-refractivity contribution in [3.05, 3.63) is 27.5 Å². The Bertz CT molecular complexity index is 22.4. The maximum absolute atomic E-state index is 6.39. The fraction of sp³-hybridized carbons (Fsp3) is 0.400. The van der Waals surface area contributed by atoms with E-state index in [2.05, 4.69) is 6.92 Å². The molecule has 0 amide bonds. The monoisotopic (exact) mass is 259 g/mol. The number of rotatable bonds is 1. The minimum absolute atomic E-state index is 0. The van der Waals surface area contributed by atoms with Crippen molar-refractivity contribution in [2.24, 2.45) is 0 Å². The Hall–Kier alpha value is 1.16. The van der Waals surface area contributed by atoms with Crippen LogP contribution in [0.3, 0.4) is 0 Å². The van der Waals surface area contributed by atoms with Gasteiger partial charge in [0, 0.05) is 0 Å². The summed E-state index contributed by atoms with van der Waals surface area (Å²) in [4.78, 5) is 0. The van der Waals surface area contributed by atoms with Crippen LogP contribution in [0.2, 0.25) is 0 Å². The third kappa shape index (κ3) is 100. The van der Waals surface area contributed by atoms with E-state index in [4.69, 9.17) is 25.1 Å². The Balaban J connectivity index is -0.0000000233. The average Bonchev–Trinajstić information content (AvgIpc) is 1.69. The van der Waals surface area contributed by atoms with Crippen LogP contribution >= 0.6 is 19.4 Å². The molecule has 0 unspecified atom stereocenters. The van der Waals surface area contributed by atoms with Crippen LogP contribution in [-0.4, -0.2) is 6.54 Å². The summed E-state index contributed by atoms with van der Waals surface area (Å²) in [5.74, 6) is 0. The minimum atomic E-state index is -0.346. The molecule has 4 heteroatoms. The summed E-state index contributed by atoms with van der Waals surface area (Å²) in [6.45, 7) is 3.88. The second-order valence-electron chi connectivity index (χ2n) is 0.654. The molecule has 0 atom stereocenters. The molecule has 64 valence electrons. The molecule has 0 aliphatic rings. The Labute approximate surface area is 75.0 Å². The molecule has 1 nitrogen and oxygen atoms in total. The van der Waals surface area contributed by atoms with Gasteiger partial charge in [-0.2, -0.15) is 6.54 Å². The van der Waals surface area contributed by atoms with Gasteiger partial charge >= 0.3 is 34.5 Å². The number of halogens is 2. The van der Waals surface area contributed by atoms with E-state index in [0.717, 1.165) is 6.42 Å². The van der Waals surface area contributed by atoms with Crippen molar-refractivity contribution in [2.75, 3.05) is 6.54 Å². The van der Waals surface area contributed by atoms with E-state index < -0.39 is 0 Å². The van der Waals surface area contributed by atoms with Crippen molar-refractivity contribution < 1.29 is 15.1 Å². The van der Waals surface area contributed by atoms with E-state index in [9.17, 15) is 0 Å². The molecular weight excluding hydrogens is 246 g/mol. The van der Waals surface area contributed by atoms with E-state index in [0.29, 0.717) is 6.54 Å². The zero-order chi connectivity index (χ0) is 6.12. The van der Waals surface area contributed by atoms with Crippen molar-refractivity contribution >= 4 is 19.4 Å². The topological polar surface area (TPSA) is 23.8 Å². The molecule has 0 aliphatic carbocycles. The van der Waals surface area contributed by atoms with Gasteiger partial charge in [0.05, 0.1) is 0 Å². The molecule has 0 heterocycles. The first-order valence-corrected chi connectivity index (χ1v) is 6.10. The third-order valence-corrected chi connectivity index (χ3v) is 0.177. The van der Waals surface area contributed by atoms with Crippen LogP contribution in [0.4, 0.5) is 0 Å². The van der Waals surface area contributed by atoms with Gasteiger partial charge in [-0.15, -0.1) is 0 Å². The molecular formula is C5H13Cl2NRu-4. The molecule has 0 aromatic heterocycles. The van der Waals surface area contributed by atoms with Gasteiger partial charge in [0.15, 0.2) is 0 Å². The summed E-state index contributed by atoms with van der Waals surface area (Å²) >= 11 is -0.346. The maximum atomic E-state index is 6.39. The van der Waals surface area contributed by atoms with Gasteiger partial charge in [-0.3, -0.25) is 0 Å². The van der Waals surface area contributed by atoms with Crippen LogP contribution in [0.1, 0.15) is 6.42 Å². The van der Waals surface area contributed by atoms with Gasteiger partial charge in [0.2, 0.25) is 0 Å². The molecule has 0 rings (SSSR count). The Kier molecular flexibility index (Phi) is 87.9. The van der Waals surface area contributed by atoms with E-state index in [1.165, 1.54) is 0 Å². The first kappa shape index (κ1) is 22.5. The Morgan fingerprint density at radius 3 is 1.44 bits per heavy atom. The fourth-order valence-electron chi connectivity index (χ4n) is 0. The Morgan fingerprint density at radius 1 is 1.33 bits per heavy atom. The van der Waals surface area contributed by atoms with Crippen LogP contribution in [-0.2, 0) is 15.1 Å². The van der Waals surface area contributed by atoms with Gasteiger partial charge in [-0.05, 0) is 0 Å². The predicted molar refractivity (Wildman–Crippen MR) is 43.7 cm³/mol. The van der Waals surface area contributed by atoms with Crippen LogP contribution in [0.15, 0.2) is 0 Å². The standard InChI is InChI=1S/C3H7N.2CH3.2ClH.Ru/c1-2-3-4;;;;;/h4H,1-3H2;2*1H3;2*1H;/q-2;2*-1;;;+2/p-2. The van der Waals surface area contributed by atoms with Crippen molar-refractivity contribution in [3.8, 4) is 0 Å². The number of nitrogens with one attached hydrogen (secondary N) is 1. The second kappa shape index (κ2) is 35.2. The van der Waals surface area contributed by atoms with Crippen LogP contribution < -0.4 is 0 Å². The molecule has 1 N–H and O–H groups in total. The van der Waals surface area contributed by atoms with Crippen LogP contribution in [0.5, 0.6) is 0 Å².